The van der Waals surface area contributed by atoms with Crippen LogP contribution in [-0.2, 0) is 9.53 Å². The molecule has 2 nitrogen and oxygen atoms in total. The molecule has 0 aromatic heterocycles. The topological polar surface area (TPSA) is 26.3 Å². The van der Waals surface area contributed by atoms with Gasteiger partial charge >= 0.3 is 5.97 Å². The monoisotopic (exact) mass is 252 g/mol. The third-order valence-corrected chi connectivity index (χ3v) is 4.52. The molecule has 0 aromatic rings. The summed E-state index contributed by atoms with van der Waals surface area (Å²) in [5, 5.41) is 0. The van der Waals surface area contributed by atoms with Crippen molar-refractivity contribution in [3.63, 3.8) is 0 Å². The van der Waals surface area contributed by atoms with E-state index in [1.54, 1.807) is 0 Å². The summed E-state index contributed by atoms with van der Waals surface area (Å²) in [6, 6.07) is 0. The number of hydrogen-bond acceptors (Lipinski definition) is 2. The summed E-state index contributed by atoms with van der Waals surface area (Å²) >= 11 is 0. The second-order valence-corrected chi connectivity index (χ2v) is 6.09. The molecule has 2 heteroatoms. The van der Waals surface area contributed by atoms with Crippen LogP contribution in [0.15, 0.2) is 0 Å². The SMILES string of the molecule is O=C1OC2CCCCCCCCCCC1CCC2. The van der Waals surface area contributed by atoms with Crippen LogP contribution in [0.3, 0.4) is 0 Å². The zero-order valence-corrected chi connectivity index (χ0v) is 11.7. The fraction of sp³-hybridized carbons (Fsp3) is 0.938. The highest BCUT2D eigenvalue weighted by atomic mass is 16.5. The first-order valence-electron chi connectivity index (χ1n) is 8.07. The first kappa shape index (κ1) is 13.9. The highest BCUT2D eigenvalue weighted by Gasteiger charge is 2.26. The van der Waals surface area contributed by atoms with Gasteiger partial charge in [0.05, 0.1) is 5.92 Å². The van der Waals surface area contributed by atoms with Gasteiger partial charge in [0, 0.05) is 0 Å². The number of carbonyl (C=O) groups excluding carboxylic acids is 1. The molecule has 2 aliphatic heterocycles. The quantitative estimate of drug-likeness (QED) is 0.588. The van der Waals surface area contributed by atoms with Gasteiger partial charge in [-0.3, -0.25) is 4.79 Å². The molecule has 2 heterocycles. The van der Waals surface area contributed by atoms with Crippen LogP contribution in [0.4, 0.5) is 0 Å². The summed E-state index contributed by atoms with van der Waals surface area (Å²) in [7, 11) is 0. The molecule has 2 fully saturated rings. The van der Waals surface area contributed by atoms with Crippen LogP contribution in [0.5, 0.6) is 0 Å². The van der Waals surface area contributed by atoms with E-state index in [-0.39, 0.29) is 18.0 Å². The molecule has 2 unspecified atom stereocenters. The molecule has 0 aromatic carbocycles. The Morgan fingerprint density at radius 2 is 1.17 bits per heavy atom. The maximum atomic E-state index is 12.0. The molecule has 0 N–H and O–H groups in total. The molecule has 0 spiro atoms. The fourth-order valence-electron chi connectivity index (χ4n) is 3.32. The van der Waals surface area contributed by atoms with E-state index in [0.29, 0.717) is 0 Å². The summed E-state index contributed by atoms with van der Waals surface area (Å²) in [6.07, 6.45) is 16.3. The molecule has 0 saturated carbocycles. The number of fused-ring (bicyclic) bond motifs is 3. The normalized spacial score (nSPS) is 32.3. The van der Waals surface area contributed by atoms with E-state index in [1.807, 2.05) is 0 Å². The van der Waals surface area contributed by atoms with Gasteiger partial charge in [-0.2, -0.15) is 0 Å². The van der Waals surface area contributed by atoms with Crippen LogP contribution in [-0.4, -0.2) is 12.1 Å². The van der Waals surface area contributed by atoms with Gasteiger partial charge < -0.3 is 4.74 Å². The van der Waals surface area contributed by atoms with Crippen LogP contribution in [0.25, 0.3) is 0 Å². The second kappa shape index (κ2) is 7.81. The Morgan fingerprint density at radius 3 is 1.89 bits per heavy atom. The summed E-state index contributed by atoms with van der Waals surface area (Å²) in [5.74, 6) is 0.312. The van der Waals surface area contributed by atoms with Crippen molar-refractivity contribution in [2.75, 3.05) is 0 Å². The van der Waals surface area contributed by atoms with Crippen molar-refractivity contribution in [1.29, 1.82) is 0 Å². The number of carbonyl (C=O) groups is 1. The molecule has 0 amide bonds. The molecule has 104 valence electrons. The van der Waals surface area contributed by atoms with Crippen molar-refractivity contribution in [3.8, 4) is 0 Å². The van der Waals surface area contributed by atoms with Gasteiger partial charge in [0.1, 0.15) is 6.10 Å². The average molecular weight is 252 g/mol. The Balaban J connectivity index is 1.88. The number of ether oxygens (including phenoxy) is 1. The van der Waals surface area contributed by atoms with Crippen molar-refractivity contribution in [1.82, 2.24) is 0 Å². The van der Waals surface area contributed by atoms with Crippen LogP contribution in [0.1, 0.15) is 83.5 Å². The Labute approximate surface area is 111 Å². The first-order valence-corrected chi connectivity index (χ1v) is 8.07. The van der Waals surface area contributed by atoms with Crippen LogP contribution in [0, 0.1) is 5.92 Å². The largest absolute Gasteiger partial charge is 0.462 e. The van der Waals surface area contributed by atoms with Gasteiger partial charge in [0.15, 0.2) is 0 Å². The Kier molecular flexibility index (Phi) is 6.02. The molecule has 2 atom stereocenters. The van der Waals surface area contributed by atoms with Gasteiger partial charge in [-0.1, -0.05) is 44.9 Å². The fourth-order valence-corrected chi connectivity index (χ4v) is 3.32. The molecular weight excluding hydrogens is 224 g/mol. The molecule has 0 aliphatic carbocycles. The average Bonchev–Trinajstić information content (AvgIpc) is 2.54. The van der Waals surface area contributed by atoms with Crippen molar-refractivity contribution < 1.29 is 9.53 Å². The predicted octanol–water partition coefficient (Wildman–Crippen LogP) is 4.61. The molecule has 2 aliphatic rings. The second-order valence-electron chi connectivity index (χ2n) is 6.09. The van der Waals surface area contributed by atoms with E-state index in [4.69, 9.17) is 4.74 Å². The molecule has 2 rings (SSSR count). The van der Waals surface area contributed by atoms with E-state index in [1.165, 1.54) is 57.8 Å². The van der Waals surface area contributed by atoms with Crippen molar-refractivity contribution in [2.45, 2.75) is 89.6 Å². The zero-order valence-electron chi connectivity index (χ0n) is 11.7. The minimum atomic E-state index is 0.106. The maximum absolute atomic E-state index is 12.0. The Morgan fingerprint density at radius 1 is 0.667 bits per heavy atom. The van der Waals surface area contributed by atoms with Crippen molar-refractivity contribution in [2.24, 2.45) is 5.92 Å². The van der Waals surface area contributed by atoms with Gasteiger partial charge in [-0.15, -0.1) is 0 Å². The molecule has 0 radical (unpaired) electrons. The van der Waals surface area contributed by atoms with E-state index in [2.05, 4.69) is 0 Å². The maximum Gasteiger partial charge on any atom is 0.309 e. The number of hydrogen-bond donors (Lipinski definition) is 0. The van der Waals surface area contributed by atoms with Crippen LogP contribution in [0.2, 0.25) is 0 Å². The lowest BCUT2D eigenvalue weighted by atomic mass is 9.95. The number of rotatable bonds is 0. The van der Waals surface area contributed by atoms with E-state index in [9.17, 15) is 4.79 Å². The summed E-state index contributed by atoms with van der Waals surface area (Å²) in [4.78, 5) is 12.0. The highest BCUT2D eigenvalue weighted by molar-refractivity contribution is 5.72. The van der Waals surface area contributed by atoms with Gasteiger partial charge in [0.2, 0.25) is 0 Å². The lowest BCUT2D eigenvalue weighted by Gasteiger charge is -2.17. The molecular formula is C16H28O2. The smallest absolute Gasteiger partial charge is 0.309 e. The minimum absolute atomic E-state index is 0.106. The summed E-state index contributed by atoms with van der Waals surface area (Å²) in [6.45, 7) is 0. The Hall–Kier alpha value is -0.530. The van der Waals surface area contributed by atoms with E-state index >= 15 is 0 Å². The molecule has 18 heavy (non-hydrogen) atoms. The zero-order chi connectivity index (χ0) is 12.6. The lowest BCUT2D eigenvalue weighted by Crippen LogP contribution is -2.21. The molecule has 2 saturated heterocycles. The van der Waals surface area contributed by atoms with Gasteiger partial charge in [0.25, 0.3) is 0 Å². The standard InChI is InChI=1S/C16H28O2/c17-16-14-10-7-5-3-1-2-4-6-8-12-15(18-16)13-9-11-14/h14-15H,1-13H2. The van der Waals surface area contributed by atoms with Crippen LogP contribution < -0.4 is 0 Å². The number of esters is 1. The first-order chi connectivity index (χ1) is 8.86. The lowest BCUT2D eigenvalue weighted by molar-refractivity contribution is -0.153. The van der Waals surface area contributed by atoms with E-state index < -0.39 is 0 Å². The van der Waals surface area contributed by atoms with Gasteiger partial charge in [-0.25, -0.2) is 0 Å². The molecule has 2 bridgehead atoms. The highest BCUT2D eigenvalue weighted by Crippen LogP contribution is 2.27. The van der Waals surface area contributed by atoms with Gasteiger partial charge in [-0.05, 0) is 38.5 Å². The van der Waals surface area contributed by atoms with E-state index in [0.717, 1.165) is 25.7 Å². The summed E-state index contributed by atoms with van der Waals surface area (Å²) < 4.78 is 5.68. The van der Waals surface area contributed by atoms with Crippen LogP contribution >= 0.6 is 0 Å². The van der Waals surface area contributed by atoms with Crippen molar-refractivity contribution >= 4 is 5.97 Å². The minimum Gasteiger partial charge on any atom is -0.462 e. The predicted molar refractivity (Wildman–Crippen MR) is 73.4 cm³/mol. The Bertz CT molecular complexity index is 249. The summed E-state index contributed by atoms with van der Waals surface area (Å²) in [5.41, 5.74) is 0. The van der Waals surface area contributed by atoms with Crippen molar-refractivity contribution in [3.05, 3.63) is 0 Å². The third kappa shape index (κ3) is 4.62. The third-order valence-electron chi connectivity index (χ3n) is 4.52.